The third kappa shape index (κ3) is 4.46. The highest BCUT2D eigenvalue weighted by atomic mass is 35.5. The van der Waals surface area contributed by atoms with E-state index in [0.717, 1.165) is 4.90 Å². The first kappa shape index (κ1) is 22.9. The number of benzene rings is 2. The highest BCUT2D eigenvalue weighted by Gasteiger charge is 2.40. The molecule has 1 aliphatic heterocycles. The largest absolute Gasteiger partial charge is 0.497 e. The second-order valence-electron chi connectivity index (χ2n) is 7.14. The van der Waals surface area contributed by atoms with E-state index in [2.05, 4.69) is 10.6 Å². The van der Waals surface area contributed by atoms with Crippen LogP contribution >= 0.6 is 11.6 Å². The van der Waals surface area contributed by atoms with Gasteiger partial charge in [-0.1, -0.05) is 11.6 Å². The molecule has 0 aliphatic carbocycles. The second-order valence-corrected chi connectivity index (χ2v) is 7.51. The SMILES string of the molecule is COc1ccc(N2C(=O)C(Cl)=C(Nc3ccc(C(=O)NCc4ccco4)cc3)C2=O)c(OC)c1. The second kappa shape index (κ2) is 9.72. The number of nitrogens with one attached hydrogen (secondary N) is 2. The monoisotopic (exact) mass is 481 g/mol. The number of amides is 3. The zero-order chi connectivity index (χ0) is 24.2. The Morgan fingerprint density at radius 3 is 2.44 bits per heavy atom. The Hall–Kier alpha value is -4.24. The lowest BCUT2D eigenvalue weighted by molar-refractivity contribution is -0.120. The molecule has 9 nitrogen and oxygen atoms in total. The molecule has 1 aromatic heterocycles. The summed E-state index contributed by atoms with van der Waals surface area (Å²) in [5, 5.41) is 5.36. The number of ether oxygens (including phenoxy) is 2. The van der Waals surface area contributed by atoms with Gasteiger partial charge in [-0.05, 0) is 48.5 Å². The van der Waals surface area contributed by atoms with Crippen molar-refractivity contribution in [2.24, 2.45) is 0 Å². The molecule has 0 atom stereocenters. The Balaban J connectivity index is 1.48. The molecule has 0 radical (unpaired) electrons. The van der Waals surface area contributed by atoms with Crippen LogP contribution in [0.4, 0.5) is 11.4 Å². The normalized spacial score (nSPS) is 13.3. The van der Waals surface area contributed by atoms with Crippen LogP contribution in [-0.2, 0) is 16.1 Å². The molecule has 0 bridgehead atoms. The van der Waals surface area contributed by atoms with Gasteiger partial charge in [-0.3, -0.25) is 14.4 Å². The molecule has 3 aromatic rings. The smallest absolute Gasteiger partial charge is 0.283 e. The maximum Gasteiger partial charge on any atom is 0.283 e. The quantitative estimate of drug-likeness (QED) is 0.472. The van der Waals surface area contributed by atoms with E-state index in [0.29, 0.717) is 22.8 Å². The fourth-order valence-electron chi connectivity index (χ4n) is 3.33. The van der Waals surface area contributed by atoms with E-state index in [1.165, 1.54) is 26.5 Å². The van der Waals surface area contributed by atoms with E-state index in [4.69, 9.17) is 25.5 Å². The van der Waals surface area contributed by atoms with Crippen molar-refractivity contribution in [2.75, 3.05) is 24.4 Å². The Labute approximate surface area is 199 Å². The molecule has 2 N–H and O–H groups in total. The van der Waals surface area contributed by atoms with Crippen LogP contribution in [-0.4, -0.2) is 31.9 Å². The number of hydrogen-bond acceptors (Lipinski definition) is 7. The van der Waals surface area contributed by atoms with E-state index >= 15 is 0 Å². The summed E-state index contributed by atoms with van der Waals surface area (Å²) >= 11 is 6.21. The number of carbonyl (C=O) groups excluding carboxylic acids is 3. The van der Waals surface area contributed by atoms with Crippen LogP contribution in [0.1, 0.15) is 16.1 Å². The predicted molar refractivity (Wildman–Crippen MR) is 125 cm³/mol. The predicted octanol–water partition coefficient (Wildman–Crippen LogP) is 3.66. The van der Waals surface area contributed by atoms with Gasteiger partial charge >= 0.3 is 0 Å². The molecule has 174 valence electrons. The first-order chi connectivity index (χ1) is 16.4. The Bertz CT molecular complexity index is 1270. The first-order valence-corrected chi connectivity index (χ1v) is 10.5. The molecular weight excluding hydrogens is 462 g/mol. The summed E-state index contributed by atoms with van der Waals surface area (Å²) in [5.41, 5.74) is 1.03. The van der Waals surface area contributed by atoms with Crippen LogP contribution in [0.2, 0.25) is 0 Å². The molecule has 0 saturated carbocycles. The van der Waals surface area contributed by atoms with Crippen LogP contribution < -0.4 is 25.0 Å². The summed E-state index contributed by atoms with van der Waals surface area (Å²) in [6.07, 6.45) is 1.53. The number of nitrogens with zero attached hydrogens (tertiary/aromatic N) is 1. The first-order valence-electron chi connectivity index (χ1n) is 10.1. The van der Waals surface area contributed by atoms with Gasteiger partial charge in [0, 0.05) is 17.3 Å². The average molecular weight is 482 g/mol. The molecule has 0 spiro atoms. The summed E-state index contributed by atoms with van der Waals surface area (Å²) < 4.78 is 15.7. The van der Waals surface area contributed by atoms with E-state index in [9.17, 15) is 14.4 Å². The van der Waals surface area contributed by atoms with Gasteiger partial charge in [-0.2, -0.15) is 0 Å². The fraction of sp³-hybridized carbons (Fsp3) is 0.125. The highest BCUT2D eigenvalue weighted by Crippen LogP contribution is 2.37. The molecule has 2 aromatic carbocycles. The van der Waals surface area contributed by atoms with E-state index < -0.39 is 11.8 Å². The molecule has 0 saturated heterocycles. The Morgan fingerprint density at radius 1 is 1.03 bits per heavy atom. The van der Waals surface area contributed by atoms with Gasteiger partial charge in [0.25, 0.3) is 17.7 Å². The summed E-state index contributed by atoms with van der Waals surface area (Å²) in [5.74, 6) is -0.201. The van der Waals surface area contributed by atoms with Crippen molar-refractivity contribution in [1.82, 2.24) is 5.32 Å². The lowest BCUT2D eigenvalue weighted by atomic mass is 10.2. The van der Waals surface area contributed by atoms with Crippen molar-refractivity contribution in [3.8, 4) is 11.5 Å². The molecule has 2 heterocycles. The summed E-state index contributed by atoms with van der Waals surface area (Å²) in [7, 11) is 2.92. The Kier molecular flexibility index (Phi) is 6.55. The van der Waals surface area contributed by atoms with Crippen molar-refractivity contribution in [2.45, 2.75) is 6.54 Å². The minimum Gasteiger partial charge on any atom is -0.497 e. The van der Waals surface area contributed by atoms with Crippen molar-refractivity contribution >= 4 is 40.7 Å². The fourth-order valence-corrected chi connectivity index (χ4v) is 3.54. The maximum absolute atomic E-state index is 13.1. The Morgan fingerprint density at radius 2 is 1.79 bits per heavy atom. The molecular formula is C24H20ClN3O6. The van der Waals surface area contributed by atoms with Crippen LogP contribution in [0.15, 0.2) is 76.0 Å². The van der Waals surface area contributed by atoms with E-state index in [1.54, 1.807) is 48.5 Å². The van der Waals surface area contributed by atoms with Gasteiger partial charge in [-0.25, -0.2) is 4.90 Å². The average Bonchev–Trinajstić information content (AvgIpc) is 3.45. The number of halogens is 1. The molecule has 1 aliphatic rings. The van der Waals surface area contributed by atoms with Gasteiger partial charge in [-0.15, -0.1) is 0 Å². The van der Waals surface area contributed by atoms with Crippen molar-refractivity contribution < 1.29 is 28.3 Å². The zero-order valence-electron chi connectivity index (χ0n) is 18.3. The van der Waals surface area contributed by atoms with Gasteiger partial charge in [0.15, 0.2) is 0 Å². The van der Waals surface area contributed by atoms with Crippen molar-refractivity contribution in [1.29, 1.82) is 0 Å². The molecule has 4 rings (SSSR count). The van der Waals surface area contributed by atoms with Crippen LogP contribution in [0.3, 0.4) is 0 Å². The lowest BCUT2D eigenvalue weighted by Gasteiger charge is -2.18. The minimum absolute atomic E-state index is 0.0837. The minimum atomic E-state index is -0.688. The summed E-state index contributed by atoms with van der Waals surface area (Å²) in [6.45, 7) is 0.260. The van der Waals surface area contributed by atoms with Gasteiger partial charge in [0.1, 0.15) is 28.0 Å². The van der Waals surface area contributed by atoms with Gasteiger partial charge in [0.2, 0.25) is 0 Å². The van der Waals surface area contributed by atoms with Gasteiger partial charge < -0.3 is 24.5 Å². The van der Waals surface area contributed by atoms with E-state index in [1.807, 2.05) is 0 Å². The lowest BCUT2D eigenvalue weighted by Crippen LogP contribution is -2.32. The molecule has 10 heteroatoms. The van der Waals surface area contributed by atoms with Crippen LogP contribution in [0, 0.1) is 0 Å². The number of methoxy groups -OCH3 is 2. The zero-order valence-corrected chi connectivity index (χ0v) is 19.0. The van der Waals surface area contributed by atoms with E-state index in [-0.39, 0.29) is 34.6 Å². The van der Waals surface area contributed by atoms with Crippen LogP contribution in [0.5, 0.6) is 11.5 Å². The van der Waals surface area contributed by atoms with Crippen molar-refractivity contribution in [3.63, 3.8) is 0 Å². The summed E-state index contributed by atoms with van der Waals surface area (Å²) in [4.78, 5) is 39.1. The van der Waals surface area contributed by atoms with Crippen LogP contribution in [0.25, 0.3) is 0 Å². The van der Waals surface area contributed by atoms with Crippen molar-refractivity contribution in [3.05, 3.63) is 82.9 Å². The topological polar surface area (TPSA) is 110 Å². The number of furan rings is 1. The standard InChI is InChI=1S/C24H20ClN3O6/c1-32-16-9-10-18(19(12-16)33-2)28-23(30)20(25)21(24(28)31)27-15-7-5-14(6-8-15)22(29)26-13-17-4-3-11-34-17/h3-12,27H,13H2,1-2H3,(H,26,29). The summed E-state index contributed by atoms with van der Waals surface area (Å²) in [6, 6.07) is 14.6. The molecule has 0 fully saturated rings. The molecule has 3 amide bonds. The number of hydrogen-bond donors (Lipinski definition) is 2. The number of carbonyl (C=O) groups is 3. The highest BCUT2D eigenvalue weighted by molar-refractivity contribution is 6.53. The number of imide groups is 1. The number of rotatable bonds is 8. The molecule has 34 heavy (non-hydrogen) atoms. The third-order valence-electron chi connectivity index (χ3n) is 5.07. The molecule has 0 unspecified atom stereocenters. The third-order valence-corrected chi connectivity index (χ3v) is 5.43. The number of anilines is 2. The maximum atomic E-state index is 13.1. The van der Waals surface area contributed by atoms with Gasteiger partial charge in [0.05, 0.1) is 32.7 Å².